The Morgan fingerprint density at radius 2 is 2.02 bits per heavy atom. The van der Waals surface area contributed by atoms with Crippen LogP contribution in [-0.4, -0.2) is 59.8 Å². The van der Waals surface area contributed by atoms with Crippen molar-refractivity contribution in [2.75, 3.05) is 13.1 Å². The predicted octanol–water partition coefficient (Wildman–Crippen LogP) is 6.47. The van der Waals surface area contributed by atoms with Crippen LogP contribution in [0.15, 0.2) is 55.0 Å². The number of pyridine rings is 2. The molecule has 5 aromatic heterocycles. The van der Waals surface area contributed by atoms with Crippen LogP contribution in [0.1, 0.15) is 28.6 Å². The molecule has 206 valence electrons. The summed E-state index contributed by atoms with van der Waals surface area (Å²) >= 11 is 1.40. The Morgan fingerprint density at radius 3 is 2.80 bits per heavy atom. The van der Waals surface area contributed by atoms with Crippen molar-refractivity contribution in [2.24, 2.45) is 0 Å². The molecule has 0 bridgehead atoms. The molecule has 8 nitrogen and oxygen atoms in total. The summed E-state index contributed by atoms with van der Waals surface area (Å²) < 4.78 is 42.6. The fourth-order valence-corrected chi connectivity index (χ4v) is 6.19. The van der Waals surface area contributed by atoms with Crippen molar-refractivity contribution >= 4 is 39.2 Å². The molecule has 0 atom stereocenters. The molecular formula is C29H22F3N7OS. The average molecular weight is 574 g/mol. The van der Waals surface area contributed by atoms with Crippen LogP contribution in [0, 0.1) is 5.82 Å². The molecule has 12 heteroatoms. The van der Waals surface area contributed by atoms with Gasteiger partial charge in [-0.1, -0.05) is 0 Å². The van der Waals surface area contributed by atoms with E-state index in [1.54, 1.807) is 41.7 Å². The number of nitrogens with one attached hydrogen (secondary N) is 2. The summed E-state index contributed by atoms with van der Waals surface area (Å²) in [4.78, 5) is 31.7. The number of benzene rings is 1. The van der Waals surface area contributed by atoms with Gasteiger partial charge in [-0.15, -0.1) is 11.3 Å². The molecular weight excluding hydrogens is 551 g/mol. The molecule has 7 rings (SSSR count). The monoisotopic (exact) mass is 573 g/mol. The number of fused-ring (bicyclic) bond motifs is 2. The minimum atomic E-state index is -2.69. The van der Waals surface area contributed by atoms with Crippen molar-refractivity contribution in [1.82, 2.24) is 35.0 Å². The highest BCUT2D eigenvalue weighted by Crippen LogP contribution is 2.36. The molecule has 6 aromatic rings. The molecule has 0 radical (unpaired) electrons. The summed E-state index contributed by atoms with van der Waals surface area (Å²) in [6, 6.07) is 10.4. The first-order valence-corrected chi connectivity index (χ1v) is 13.7. The van der Waals surface area contributed by atoms with Crippen LogP contribution in [0.5, 0.6) is 0 Å². The number of ketones is 1. The van der Waals surface area contributed by atoms with E-state index >= 15 is 4.39 Å². The number of hydrogen-bond donors (Lipinski definition) is 2. The van der Waals surface area contributed by atoms with Crippen LogP contribution in [-0.2, 0) is 6.54 Å². The standard InChI is InChI=1S/C29H22F3N7OS/c1-15(40)23-2-3-24(41-23)18-4-6-34-27-25(18)35-28(36-27)26-20-9-19(21(30)10-22(20)37-38-26)17-8-16(11-33-12-17)13-39-7-5-29(31,32)14-39/h2-4,6,8-12H,5,7,13-14H2,1H3,(H,37,38)(H,34,35,36). The first kappa shape index (κ1) is 25.5. The number of aromatic amines is 2. The number of imidazole rings is 1. The zero-order valence-corrected chi connectivity index (χ0v) is 22.5. The lowest BCUT2D eigenvalue weighted by Crippen LogP contribution is -2.24. The fraction of sp³-hybridized carbons (Fsp3) is 0.207. The average Bonchev–Trinajstić information content (AvgIpc) is 3.73. The fourth-order valence-electron chi connectivity index (χ4n) is 5.26. The third-order valence-corrected chi connectivity index (χ3v) is 8.47. The number of thiophene rings is 1. The Morgan fingerprint density at radius 1 is 1.15 bits per heavy atom. The maximum absolute atomic E-state index is 15.3. The molecule has 1 aromatic carbocycles. The summed E-state index contributed by atoms with van der Waals surface area (Å²) in [5.41, 5.74) is 4.59. The Bertz CT molecular complexity index is 1960. The van der Waals surface area contributed by atoms with Gasteiger partial charge in [0.1, 0.15) is 11.5 Å². The topological polar surface area (TPSA) is 103 Å². The summed E-state index contributed by atoms with van der Waals surface area (Å²) in [5, 5.41) is 7.94. The van der Waals surface area contributed by atoms with Crippen LogP contribution >= 0.6 is 11.3 Å². The Hall–Kier alpha value is -4.42. The van der Waals surface area contributed by atoms with Crippen LogP contribution in [0.25, 0.3) is 55.2 Å². The number of Topliss-reactive ketones (excluding diaryl/α,β-unsaturated/α-hetero) is 1. The first-order valence-electron chi connectivity index (χ1n) is 12.9. The molecule has 1 fully saturated rings. The summed E-state index contributed by atoms with van der Waals surface area (Å²) in [6.07, 6.45) is 4.67. The van der Waals surface area contributed by atoms with E-state index in [2.05, 4.69) is 30.1 Å². The number of likely N-dealkylation sites (tertiary alicyclic amines) is 1. The van der Waals surface area contributed by atoms with Crippen molar-refractivity contribution in [1.29, 1.82) is 0 Å². The van der Waals surface area contributed by atoms with E-state index in [1.165, 1.54) is 24.3 Å². The van der Waals surface area contributed by atoms with Crippen LogP contribution in [0.2, 0.25) is 0 Å². The molecule has 0 saturated carbocycles. The van der Waals surface area contributed by atoms with Gasteiger partial charge >= 0.3 is 0 Å². The summed E-state index contributed by atoms with van der Waals surface area (Å²) in [6.45, 7) is 1.85. The minimum Gasteiger partial charge on any atom is -0.335 e. The minimum absolute atomic E-state index is 0.00112. The number of carbonyl (C=O) groups excluding carboxylic acids is 1. The van der Waals surface area contributed by atoms with Crippen molar-refractivity contribution in [2.45, 2.75) is 25.8 Å². The molecule has 0 spiro atoms. The smallest absolute Gasteiger partial charge is 0.261 e. The van der Waals surface area contributed by atoms with E-state index < -0.39 is 11.7 Å². The molecule has 0 unspecified atom stereocenters. The van der Waals surface area contributed by atoms with E-state index in [4.69, 9.17) is 0 Å². The lowest BCUT2D eigenvalue weighted by atomic mass is 10.0. The van der Waals surface area contributed by atoms with E-state index in [-0.39, 0.29) is 18.7 Å². The van der Waals surface area contributed by atoms with E-state index in [1.807, 2.05) is 12.1 Å². The second-order valence-corrected chi connectivity index (χ2v) is 11.3. The Balaban J connectivity index is 1.26. The highest BCUT2D eigenvalue weighted by Gasteiger charge is 2.38. The van der Waals surface area contributed by atoms with E-state index in [0.29, 0.717) is 62.7 Å². The number of H-pyrrole nitrogens is 2. The van der Waals surface area contributed by atoms with Crippen molar-refractivity contribution in [3.63, 3.8) is 0 Å². The third kappa shape index (κ3) is 4.68. The van der Waals surface area contributed by atoms with Gasteiger partial charge in [-0.05, 0) is 42.8 Å². The Kier molecular flexibility index (Phi) is 5.98. The van der Waals surface area contributed by atoms with Gasteiger partial charge in [-0.3, -0.25) is 19.8 Å². The molecule has 6 heterocycles. The van der Waals surface area contributed by atoms with Gasteiger partial charge in [-0.2, -0.15) is 5.10 Å². The van der Waals surface area contributed by atoms with Gasteiger partial charge in [0.05, 0.1) is 22.5 Å². The van der Waals surface area contributed by atoms with Gasteiger partial charge < -0.3 is 4.98 Å². The molecule has 1 aliphatic rings. The van der Waals surface area contributed by atoms with Gasteiger partial charge in [0.2, 0.25) is 0 Å². The van der Waals surface area contributed by atoms with Crippen LogP contribution in [0.3, 0.4) is 0 Å². The van der Waals surface area contributed by atoms with Crippen molar-refractivity contribution < 1.29 is 18.0 Å². The zero-order valence-electron chi connectivity index (χ0n) is 21.7. The highest BCUT2D eigenvalue weighted by molar-refractivity contribution is 7.17. The summed E-state index contributed by atoms with van der Waals surface area (Å²) in [5.74, 6) is -2.70. The molecule has 1 aliphatic heterocycles. The number of rotatable bonds is 6. The predicted molar refractivity (Wildman–Crippen MR) is 150 cm³/mol. The maximum atomic E-state index is 15.3. The van der Waals surface area contributed by atoms with Gasteiger partial charge in [0, 0.05) is 71.1 Å². The van der Waals surface area contributed by atoms with Crippen molar-refractivity contribution in [3.8, 4) is 33.1 Å². The molecule has 41 heavy (non-hydrogen) atoms. The van der Waals surface area contributed by atoms with Gasteiger partial charge in [0.25, 0.3) is 5.92 Å². The van der Waals surface area contributed by atoms with Crippen LogP contribution < -0.4 is 0 Å². The second kappa shape index (κ2) is 9.60. The Labute approximate surface area is 235 Å². The van der Waals surface area contributed by atoms with E-state index in [0.717, 1.165) is 16.0 Å². The lowest BCUT2D eigenvalue weighted by molar-refractivity contribution is 0.0115. The van der Waals surface area contributed by atoms with Crippen molar-refractivity contribution in [3.05, 3.63) is 71.2 Å². The number of halogens is 3. The number of aromatic nitrogens is 6. The first-order chi connectivity index (χ1) is 19.7. The SMILES string of the molecule is CC(=O)c1ccc(-c2ccnc3nc(-c4n[nH]c5cc(F)c(-c6cncc(CN7CCC(F)(F)C7)c6)cc45)[nH]c23)s1. The molecule has 2 N–H and O–H groups in total. The van der Waals surface area contributed by atoms with Crippen LogP contribution in [0.4, 0.5) is 13.2 Å². The quantitative estimate of drug-likeness (QED) is 0.221. The van der Waals surface area contributed by atoms with E-state index in [9.17, 15) is 13.6 Å². The highest BCUT2D eigenvalue weighted by atomic mass is 32.1. The number of nitrogens with zero attached hydrogens (tertiary/aromatic N) is 5. The van der Waals surface area contributed by atoms with Gasteiger partial charge in [-0.25, -0.2) is 23.1 Å². The normalized spacial score (nSPS) is 15.3. The number of alkyl halides is 2. The summed E-state index contributed by atoms with van der Waals surface area (Å²) in [7, 11) is 0. The third-order valence-electron chi connectivity index (χ3n) is 7.25. The second-order valence-electron chi connectivity index (χ2n) is 10.2. The molecule has 1 saturated heterocycles. The van der Waals surface area contributed by atoms with Gasteiger partial charge in [0.15, 0.2) is 17.3 Å². The lowest BCUT2D eigenvalue weighted by Gasteiger charge is -2.16. The number of carbonyl (C=O) groups is 1. The molecule has 0 aliphatic carbocycles. The zero-order chi connectivity index (χ0) is 28.3. The number of hydrogen-bond acceptors (Lipinski definition) is 7. The maximum Gasteiger partial charge on any atom is 0.261 e. The molecule has 0 amide bonds. The largest absolute Gasteiger partial charge is 0.335 e.